The lowest BCUT2D eigenvalue weighted by Gasteiger charge is -2.34. The largest absolute Gasteiger partial charge is 0.352 e. The maximum absolute atomic E-state index is 14.5. The third-order valence-corrected chi connectivity index (χ3v) is 9.36. The highest BCUT2D eigenvalue weighted by Crippen LogP contribution is 2.27. The van der Waals surface area contributed by atoms with E-state index in [0.717, 1.165) is 21.0 Å². The number of carbonyl (C=O) groups is 2. The van der Waals surface area contributed by atoms with Gasteiger partial charge >= 0.3 is 0 Å². The van der Waals surface area contributed by atoms with Crippen molar-refractivity contribution in [2.75, 3.05) is 10.8 Å². The van der Waals surface area contributed by atoms with Gasteiger partial charge in [-0.3, -0.25) is 13.9 Å². The number of rotatable bonds is 12. The first-order valence-electron chi connectivity index (χ1n) is 14.5. The Morgan fingerprint density at radius 2 is 1.43 bits per heavy atom. The number of anilines is 1. The Morgan fingerprint density at radius 1 is 0.795 bits per heavy atom. The Kier molecular flexibility index (Phi) is 10.8. The Labute approximate surface area is 265 Å². The molecule has 0 aromatic heterocycles. The SMILES string of the molecule is Cc1ccc(N(CC(=O)N(Cc2cccc(Cl)c2)C(Cc2ccccc2)C(=O)NC(C)C)S(=O)(=O)c2ccccc2)cc1C. The molecule has 4 aromatic rings. The van der Waals surface area contributed by atoms with Crippen LogP contribution >= 0.6 is 11.6 Å². The highest BCUT2D eigenvalue weighted by atomic mass is 35.5. The molecule has 0 aliphatic carbocycles. The predicted octanol–water partition coefficient (Wildman–Crippen LogP) is 6.32. The second kappa shape index (κ2) is 14.6. The number of halogens is 1. The van der Waals surface area contributed by atoms with Crippen molar-refractivity contribution >= 4 is 39.1 Å². The second-order valence-electron chi connectivity index (χ2n) is 11.1. The van der Waals surface area contributed by atoms with Crippen LogP contribution in [-0.4, -0.2) is 43.8 Å². The third kappa shape index (κ3) is 8.27. The van der Waals surface area contributed by atoms with E-state index in [9.17, 15) is 18.0 Å². The number of aryl methyl sites for hydroxylation is 2. The summed E-state index contributed by atoms with van der Waals surface area (Å²) in [4.78, 5) is 29.8. The molecule has 1 unspecified atom stereocenters. The zero-order valence-electron chi connectivity index (χ0n) is 25.4. The van der Waals surface area contributed by atoms with E-state index in [4.69, 9.17) is 11.6 Å². The van der Waals surface area contributed by atoms with Gasteiger partial charge in [0.2, 0.25) is 11.8 Å². The molecule has 2 amide bonds. The Hall–Kier alpha value is -4.14. The maximum Gasteiger partial charge on any atom is 0.264 e. The standard InChI is InChI=1S/C35H38ClN3O4S/c1-25(2)37-35(41)33(22-28-12-7-5-8-13-28)38(23-29-14-11-15-30(36)21-29)34(40)24-39(31-19-18-26(3)27(4)20-31)44(42,43)32-16-9-6-10-17-32/h5-21,25,33H,22-24H2,1-4H3,(H,37,41). The summed E-state index contributed by atoms with van der Waals surface area (Å²) < 4.78 is 29.3. The second-order valence-corrected chi connectivity index (χ2v) is 13.4. The molecule has 1 N–H and O–H groups in total. The number of hydrogen-bond donors (Lipinski definition) is 1. The lowest BCUT2D eigenvalue weighted by molar-refractivity contribution is -0.140. The van der Waals surface area contributed by atoms with Crippen LogP contribution in [0.1, 0.15) is 36.1 Å². The lowest BCUT2D eigenvalue weighted by Crippen LogP contribution is -2.54. The van der Waals surface area contributed by atoms with Crippen LogP contribution in [-0.2, 0) is 32.6 Å². The summed E-state index contributed by atoms with van der Waals surface area (Å²) in [6.07, 6.45) is 0.237. The summed E-state index contributed by atoms with van der Waals surface area (Å²) in [6.45, 7) is 7.08. The van der Waals surface area contributed by atoms with E-state index in [-0.39, 0.29) is 29.8 Å². The van der Waals surface area contributed by atoms with E-state index in [1.54, 1.807) is 48.5 Å². The summed E-state index contributed by atoms with van der Waals surface area (Å²) in [5.74, 6) is -0.856. The fraction of sp³-hybridized carbons (Fsp3) is 0.257. The van der Waals surface area contributed by atoms with Crippen molar-refractivity contribution in [1.82, 2.24) is 10.2 Å². The zero-order valence-corrected chi connectivity index (χ0v) is 27.0. The Balaban J connectivity index is 1.82. The van der Waals surface area contributed by atoms with Crippen LogP contribution in [0, 0.1) is 13.8 Å². The fourth-order valence-corrected chi connectivity index (χ4v) is 6.54. The first kappa shape index (κ1) is 32.8. The van der Waals surface area contributed by atoms with Crippen molar-refractivity contribution in [2.24, 2.45) is 0 Å². The van der Waals surface area contributed by atoms with Crippen molar-refractivity contribution in [3.63, 3.8) is 0 Å². The van der Waals surface area contributed by atoms with E-state index in [1.165, 1.54) is 17.0 Å². The molecule has 4 aromatic carbocycles. The number of benzene rings is 4. The van der Waals surface area contributed by atoms with Gasteiger partial charge in [0, 0.05) is 24.0 Å². The quantitative estimate of drug-likeness (QED) is 0.198. The summed E-state index contributed by atoms with van der Waals surface area (Å²) >= 11 is 6.30. The molecule has 0 aliphatic heterocycles. The molecule has 0 radical (unpaired) electrons. The highest BCUT2D eigenvalue weighted by molar-refractivity contribution is 7.92. The van der Waals surface area contributed by atoms with Crippen molar-refractivity contribution in [3.8, 4) is 0 Å². The minimum absolute atomic E-state index is 0.0502. The van der Waals surface area contributed by atoms with Crippen molar-refractivity contribution in [3.05, 3.63) is 130 Å². The van der Waals surface area contributed by atoms with Gasteiger partial charge in [0.15, 0.2) is 0 Å². The van der Waals surface area contributed by atoms with Gasteiger partial charge in [-0.05, 0) is 86.3 Å². The number of carbonyl (C=O) groups excluding carboxylic acids is 2. The van der Waals surface area contributed by atoms with Crippen LogP contribution in [0.25, 0.3) is 0 Å². The smallest absolute Gasteiger partial charge is 0.264 e. The van der Waals surface area contributed by atoms with Crippen molar-refractivity contribution in [1.29, 1.82) is 0 Å². The fourth-order valence-electron chi connectivity index (χ4n) is 4.90. The van der Waals surface area contributed by atoms with Crippen molar-refractivity contribution in [2.45, 2.75) is 57.6 Å². The first-order valence-corrected chi connectivity index (χ1v) is 16.3. The average Bonchev–Trinajstić information content (AvgIpc) is 2.99. The minimum atomic E-state index is -4.15. The molecule has 0 spiro atoms. The van der Waals surface area contributed by atoms with Crippen molar-refractivity contribution < 1.29 is 18.0 Å². The zero-order chi connectivity index (χ0) is 31.9. The third-order valence-electron chi connectivity index (χ3n) is 7.33. The van der Waals surface area contributed by atoms with E-state index in [0.29, 0.717) is 16.3 Å². The molecule has 0 saturated heterocycles. The lowest BCUT2D eigenvalue weighted by atomic mass is 10.0. The number of nitrogens with one attached hydrogen (secondary N) is 1. The monoisotopic (exact) mass is 631 g/mol. The molecule has 7 nitrogen and oxygen atoms in total. The van der Waals surface area contributed by atoms with Crippen LogP contribution in [0.4, 0.5) is 5.69 Å². The van der Waals surface area contributed by atoms with Crippen LogP contribution < -0.4 is 9.62 Å². The van der Waals surface area contributed by atoms with Gasteiger partial charge in [0.25, 0.3) is 10.0 Å². The summed E-state index contributed by atoms with van der Waals surface area (Å²) in [6, 6.07) is 28.8. The molecule has 0 bridgehead atoms. The molecule has 230 valence electrons. The molecule has 44 heavy (non-hydrogen) atoms. The topological polar surface area (TPSA) is 86.8 Å². The van der Waals surface area contributed by atoms with Gasteiger partial charge in [-0.15, -0.1) is 0 Å². The molecule has 0 aliphatic rings. The highest BCUT2D eigenvalue weighted by Gasteiger charge is 2.35. The molecular formula is C35H38ClN3O4S. The van der Waals surface area contributed by atoms with Gasteiger partial charge in [-0.2, -0.15) is 0 Å². The molecule has 0 fully saturated rings. The predicted molar refractivity (Wildman–Crippen MR) is 176 cm³/mol. The van der Waals surface area contributed by atoms with Crippen LogP contribution in [0.2, 0.25) is 5.02 Å². The summed E-state index contributed by atoms with van der Waals surface area (Å²) in [7, 11) is -4.15. The van der Waals surface area contributed by atoms with Crippen LogP contribution in [0.3, 0.4) is 0 Å². The van der Waals surface area contributed by atoms with E-state index < -0.39 is 28.5 Å². The summed E-state index contributed by atoms with van der Waals surface area (Å²) in [5.41, 5.74) is 3.82. The number of hydrogen-bond acceptors (Lipinski definition) is 4. The van der Waals surface area contributed by atoms with E-state index in [2.05, 4.69) is 5.32 Å². The van der Waals surface area contributed by atoms with E-state index >= 15 is 0 Å². The maximum atomic E-state index is 14.5. The minimum Gasteiger partial charge on any atom is -0.352 e. The molecule has 9 heteroatoms. The first-order chi connectivity index (χ1) is 21.0. The van der Waals surface area contributed by atoms with Gasteiger partial charge < -0.3 is 10.2 Å². The molecule has 4 rings (SSSR count). The Morgan fingerprint density at radius 3 is 2.05 bits per heavy atom. The molecule has 0 saturated carbocycles. The van der Waals surface area contributed by atoms with Gasteiger partial charge in [0.05, 0.1) is 10.6 Å². The van der Waals surface area contributed by atoms with Gasteiger partial charge in [-0.25, -0.2) is 8.42 Å². The van der Waals surface area contributed by atoms with Gasteiger partial charge in [0.1, 0.15) is 12.6 Å². The Bertz CT molecular complexity index is 1700. The van der Waals surface area contributed by atoms with E-state index in [1.807, 2.05) is 70.2 Å². The molecular weight excluding hydrogens is 594 g/mol. The van der Waals surface area contributed by atoms with Crippen LogP contribution in [0.5, 0.6) is 0 Å². The number of amides is 2. The number of sulfonamides is 1. The molecule has 0 heterocycles. The van der Waals surface area contributed by atoms with Gasteiger partial charge in [-0.1, -0.05) is 78.3 Å². The van der Waals surface area contributed by atoms with Crippen LogP contribution in [0.15, 0.2) is 108 Å². The normalized spacial score (nSPS) is 12.0. The average molecular weight is 632 g/mol. The molecule has 1 atom stereocenters. The number of nitrogens with zero attached hydrogens (tertiary/aromatic N) is 2. The summed E-state index contributed by atoms with van der Waals surface area (Å²) in [5, 5.41) is 3.45.